The van der Waals surface area contributed by atoms with E-state index >= 15 is 0 Å². The fraction of sp³-hybridized carbons (Fsp3) is 0.152. The summed E-state index contributed by atoms with van der Waals surface area (Å²) in [5.41, 5.74) is 18.5. The van der Waals surface area contributed by atoms with Crippen LogP contribution in [0.3, 0.4) is 0 Å². The van der Waals surface area contributed by atoms with E-state index in [4.69, 9.17) is 4.74 Å². The summed E-state index contributed by atoms with van der Waals surface area (Å²) in [6, 6.07) is 51.7. The van der Waals surface area contributed by atoms with Gasteiger partial charge in [-0.1, -0.05) is 176 Å². The first-order valence-electron chi connectivity index (χ1n) is 25.4. The van der Waals surface area contributed by atoms with Crippen LogP contribution >= 0.6 is 23.5 Å². The molecule has 0 spiro atoms. The Bertz CT molecular complexity index is 3720. The highest BCUT2D eigenvalue weighted by atomic mass is 32.2. The summed E-state index contributed by atoms with van der Waals surface area (Å²) in [6.07, 6.45) is 34.9. The van der Waals surface area contributed by atoms with Crippen LogP contribution in [0.15, 0.2) is 256 Å². The van der Waals surface area contributed by atoms with Crippen molar-refractivity contribution in [2.45, 2.75) is 64.7 Å². The smallest absolute Gasteiger partial charge is 0.134 e. The van der Waals surface area contributed by atoms with E-state index in [0.29, 0.717) is 17.1 Å². The molecule has 3 nitrogen and oxygen atoms in total. The molecule has 6 unspecified atom stereocenters. The average Bonchev–Trinajstić information content (AvgIpc) is 4.21. The summed E-state index contributed by atoms with van der Waals surface area (Å²) in [4.78, 5) is 6.93. The topological polar surface area (TPSA) is 17.4 Å². The number of para-hydroxylation sites is 2. The van der Waals surface area contributed by atoms with Crippen LogP contribution in [-0.2, 0) is 0 Å². The summed E-state index contributed by atoms with van der Waals surface area (Å²) >= 11 is 4.00. The maximum absolute atomic E-state index is 7.26. The van der Waals surface area contributed by atoms with Crippen LogP contribution in [0.5, 0.6) is 5.75 Å². The minimum atomic E-state index is -0.0706. The van der Waals surface area contributed by atoms with E-state index in [1.807, 2.05) is 23.5 Å². The second kappa shape index (κ2) is 16.7. The lowest BCUT2D eigenvalue weighted by atomic mass is 9.81. The highest BCUT2D eigenvalue weighted by Gasteiger charge is 2.41. The first-order chi connectivity index (χ1) is 35.2. The van der Waals surface area contributed by atoms with E-state index in [2.05, 4.69) is 228 Å². The molecule has 0 radical (unpaired) electrons. The lowest BCUT2D eigenvalue weighted by Crippen LogP contribution is -2.35. The van der Waals surface area contributed by atoms with Crippen molar-refractivity contribution in [3.05, 3.63) is 268 Å². The third kappa shape index (κ3) is 6.66. The molecule has 6 aromatic carbocycles. The van der Waals surface area contributed by atoms with Gasteiger partial charge in [0.25, 0.3) is 0 Å². The van der Waals surface area contributed by atoms with Crippen LogP contribution in [0, 0.1) is 5.92 Å². The second-order valence-corrected chi connectivity index (χ2v) is 22.2. The predicted molar refractivity (Wildman–Crippen MR) is 298 cm³/mol. The van der Waals surface area contributed by atoms with E-state index in [9.17, 15) is 0 Å². The Morgan fingerprint density at radius 2 is 1.42 bits per heavy atom. The van der Waals surface area contributed by atoms with Gasteiger partial charge in [0.2, 0.25) is 0 Å². The Morgan fingerprint density at radius 3 is 2.28 bits per heavy atom. The van der Waals surface area contributed by atoms with Crippen LogP contribution in [-0.4, -0.2) is 22.0 Å². The average molecular weight is 951 g/mol. The van der Waals surface area contributed by atoms with Gasteiger partial charge in [0, 0.05) is 65.7 Å². The molecule has 71 heavy (non-hydrogen) atoms. The molecule has 4 heterocycles. The fourth-order valence-electron chi connectivity index (χ4n) is 12.9. The number of fused-ring (bicyclic) bond motifs is 13. The Labute approximate surface area is 424 Å². The molecule has 7 aromatic rings. The molecular weight excluding hydrogens is 901 g/mol. The highest BCUT2D eigenvalue weighted by molar-refractivity contribution is 8.03. The first-order valence-corrected chi connectivity index (χ1v) is 27.1. The maximum atomic E-state index is 7.26. The van der Waals surface area contributed by atoms with E-state index in [1.165, 1.54) is 98.0 Å². The van der Waals surface area contributed by atoms with Gasteiger partial charge in [-0.05, 0) is 125 Å². The van der Waals surface area contributed by atoms with Crippen LogP contribution in [0.2, 0.25) is 0 Å². The quantitative estimate of drug-likeness (QED) is 0.158. The van der Waals surface area contributed by atoms with Crippen molar-refractivity contribution < 1.29 is 4.74 Å². The van der Waals surface area contributed by atoms with Gasteiger partial charge in [0.05, 0.1) is 22.5 Å². The van der Waals surface area contributed by atoms with Crippen LogP contribution in [0.25, 0.3) is 38.6 Å². The number of rotatable bonds is 7. The maximum Gasteiger partial charge on any atom is 0.134 e. The second-order valence-electron chi connectivity index (χ2n) is 19.9. The van der Waals surface area contributed by atoms with Crippen molar-refractivity contribution in [2.24, 2.45) is 5.92 Å². The number of hydrogen-bond donors (Lipinski definition) is 0. The Morgan fingerprint density at radius 1 is 0.620 bits per heavy atom. The Balaban J connectivity index is 0.755. The Kier molecular flexibility index (Phi) is 9.80. The summed E-state index contributed by atoms with van der Waals surface area (Å²) in [7, 11) is 0. The number of aromatic nitrogens is 1. The lowest BCUT2D eigenvalue weighted by molar-refractivity contribution is 0.259. The van der Waals surface area contributed by atoms with Gasteiger partial charge in [0.15, 0.2) is 0 Å². The number of nitrogens with zero attached hydrogens (tertiary/aromatic N) is 2. The van der Waals surface area contributed by atoms with Gasteiger partial charge in [-0.2, -0.15) is 0 Å². The zero-order valence-corrected chi connectivity index (χ0v) is 40.8. The third-order valence-corrected chi connectivity index (χ3v) is 18.9. The van der Waals surface area contributed by atoms with Crippen LogP contribution < -0.4 is 9.64 Å². The van der Waals surface area contributed by atoms with Crippen molar-refractivity contribution in [1.29, 1.82) is 0 Å². The molecule has 1 aromatic heterocycles. The number of benzene rings is 6. The molecule has 6 atom stereocenters. The van der Waals surface area contributed by atoms with E-state index in [1.54, 1.807) is 0 Å². The molecule has 15 rings (SSSR count). The summed E-state index contributed by atoms with van der Waals surface area (Å²) in [5.74, 6) is 1.99. The summed E-state index contributed by atoms with van der Waals surface area (Å²) < 4.78 is 9.64. The molecule has 0 saturated carbocycles. The molecule has 8 aliphatic rings. The fourth-order valence-corrected chi connectivity index (χ4v) is 15.7. The molecule has 5 aliphatic carbocycles. The highest BCUT2D eigenvalue weighted by Crippen LogP contribution is 2.56. The molecule has 0 bridgehead atoms. The lowest BCUT2D eigenvalue weighted by Gasteiger charge is -2.37. The Hall–Kier alpha value is -7.18. The van der Waals surface area contributed by atoms with E-state index in [-0.39, 0.29) is 18.1 Å². The van der Waals surface area contributed by atoms with Gasteiger partial charge in [0.1, 0.15) is 11.9 Å². The van der Waals surface area contributed by atoms with Gasteiger partial charge in [-0.15, -0.1) is 11.8 Å². The van der Waals surface area contributed by atoms with Gasteiger partial charge in [-0.25, -0.2) is 0 Å². The largest absolute Gasteiger partial charge is 0.484 e. The van der Waals surface area contributed by atoms with Crippen molar-refractivity contribution in [1.82, 2.24) is 4.57 Å². The number of allylic oxidation sites excluding steroid dienone is 14. The van der Waals surface area contributed by atoms with Crippen LogP contribution in [0.1, 0.15) is 59.8 Å². The van der Waals surface area contributed by atoms with E-state index in [0.717, 1.165) is 37.1 Å². The SMILES string of the molecule is C1=CC(C2=CCC(N(C3=CC=C(C4=CC=CC5c6ccc7c(c6OC45)c4ccccc4n7-c4ccccc4)CC3)c3ccc(C4=C5Sc6ccccc6C5CC=C4)cc3)C=C2)C2Sc3ccccc3C2=C1. The molecule has 0 saturated heterocycles. The number of hydrogen-bond acceptors (Lipinski definition) is 4. The van der Waals surface area contributed by atoms with Gasteiger partial charge in [-0.3, -0.25) is 0 Å². The minimum absolute atomic E-state index is 0.0706. The van der Waals surface area contributed by atoms with Crippen molar-refractivity contribution >= 4 is 62.2 Å². The number of anilines is 1. The zero-order chi connectivity index (χ0) is 46.6. The molecule has 0 N–H and O–H groups in total. The summed E-state index contributed by atoms with van der Waals surface area (Å²) in [6.45, 7) is 0. The molecule has 5 heteroatoms. The van der Waals surface area contributed by atoms with Gasteiger partial charge >= 0.3 is 0 Å². The molecule has 0 fully saturated rings. The van der Waals surface area contributed by atoms with Crippen molar-refractivity contribution in [2.75, 3.05) is 4.90 Å². The van der Waals surface area contributed by atoms with Gasteiger partial charge < -0.3 is 14.2 Å². The first kappa shape index (κ1) is 41.6. The molecule has 3 aliphatic heterocycles. The minimum Gasteiger partial charge on any atom is -0.484 e. The summed E-state index contributed by atoms with van der Waals surface area (Å²) in [5, 5.41) is 2.84. The van der Waals surface area contributed by atoms with Crippen molar-refractivity contribution in [3.63, 3.8) is 0 Å². The molecule has 342 valence electrons. The zero-order valence-electron chi connectivity index (χ0n) is 39.2. The van der Waals surface area contributed by atoms with Crippen LogP contribution in [0.4, 0.5) is 5.69 Å². The molecule has 0 amide bonds. The number of thioether (sulfide) groups is 2. The molecular formula is C66H50N2OS2. The van der Waals surface area contributed by atoms with Crippen molar-refractivity contribution in [3.8, 4) is 11.4 Å². The van der Waals surface area contributed by atoms with E-state index < -0.39 is 0 Å². The standard InChI is InChI=1S/C66H50N2OS2/c1-2-13-44(14-3-1)68-58-24-7-4-17-57(58)62-59(68)40-39-54-53-21-10-18-48(63(53)69-64(54)62)41-27-33-45(34-28-41)67(46-35-29-42(30-36-46)49-19-11-22-55-51-15-5-8-25-60(51)70-65(49)55)47-37-31-43(32-38-47)50-20-12-23-56-52-16-6-9-26-61(52)71-66(50)56/h1-22,24-27,29-33,35,37-40,46,49,53,56,63,65H,23,28,34,36H2. The predicted octanol–water partition coefficient (Wildman–Crippen LogP) is 16.8. The monoisotopic (exact) mass is 950 g/mol. The third-order valence-electron chi connectivity index (χ3n) is 16.2. The number of ether oxygens (including phenoxy) is 1. The normalized spacial score (nSPS) is 24.3.